The molecule has 1 amide bonds. The molecule has 1 aromatic carbocycles. The van der Waals surface area contributed by atoms with Gasteiger partial charge in [0.05, 0.1) is 17.2 Å². The maximum Gasteiger partial charge on any atom is 0.260 e. The number of rotatable bonds is 6. The van der Waals surface area contributed by atoms with Crippen molar-refractivity contribution in [2.45, 2.75) is 23.9 Å². The zero-order chi connectivity index (χ0) is 19.5. The van der Waals surface area contributed by atoms with E-state index in [2.05, 4.69) is 15.3 Å². The average molecular weight is 428 g/mol. The molecule has 0 saturated heterocycles. The molecule has 3 heterocycles. The standard InChI is InChI=1S/C20H17N3O2S3/c1-12(17(24)21-10-14-8-5-9-26-14)28-20-22-18(25)16-15(11-27-19(16)23-20)13-6-3-2-4-7-13/h2-9,11-12H,10H2,1H3,(H,21,24)(H,22,23,25)/t12-/m0/s1. The summed E-state index contributed by atoms with van der Waals surface area (Å²) in [5.41, 5.74) is 1.69. The molecule has 0 aliphatic rings. The summed E-state index contributed by atoms with van der Waals surface area (Å²) in [6.45, 7) is 2.32. The van der Waals surface area contributed by atoms with Crippen molar-refractivity contribution in [2.75, 3.05) is 0 Å². The molecule has 28 heavy (non-hydrogen) atoms. The zero-order valence-corrected chi connectivity index (χ0v) is 17.4. The van der Waals surface area contributed by atoms with Crippen LogP contribution in [0.3, 0.4) is 0 Å². The average Bonchev–Trinajstić information content (AvgIpc) is 3.36. The van der Waals surface area contributed by atoms with Gasteiger partial charge in [0.15, 0.2) is 5.16 Å². The highest BCUT2D eigenvalue weighted by Gasteiger charge is 2.18. The summed E-state index contributed by atoms with van der Waals surface area (Å²) in [6, 6.07) is 13.7. The summed E-state index contributed by atoms with van der Waals surface area (Å²) < 4.78 is 0. The molecule has 0 radical (unpaired) electrons. The van der Waals surface area contributed by atoms with Crippen LogP contribution in [0.25, 0.3) is 21.3 Å². The monoisotopic (exact) mass is 427 g/mol. The topological polar surface area (TPSA) is 74.8 Å². The first-order valence-electron chi connectivity index (χ1n) is 8.65. The molecule has 5 nitrogen and oxygen atoms in total. The van der Waals surface area contributed by atoms with Crippen LogP contribution < -0.4 is 10.9 Å². The molecule has 8 heteroatoms. The van der Waals surface area contributed by atoms with Crippen LogP contribution in [0.5, 0.6) is 0 Å². The lowest BCUT2D eigenvalue weighted by Gasteiger charge is -2.10. The van der Waals surface area contributed by atoms with Gasteiger partial charge >= 0.3 is 0 Å². The normalized spacial score (nSPS) is 12.2. The maximum absolute atomic E-state index is 12.7. The molecular weight excluding hydrogens is 410 g/mol. The van der Waals surface area contributed by atoms with Crippen LogP contribution in [0.2, 0.25) is 0 Å². The number of carbonyl (C=O) groups excluding carboxylic acids is 1. The van der Waals surface area contributed by atoms with Crippen molar-refractivity contribution >= 4 is 50.6 Å². The second-order valence-electron chi connectivity index (χ2n) is 6.12. The number of thiophene rings is 2. The number of carbonyl (C=O) groups is 1. The smallest absolute Gasteiger partial charge is 0.260 e. The first-order chi connectivity index (χ1) is 13.6. The van der Waals surface area contributed by atoms with Crippen LogP contribution >= 0.6 is 34.4 Å². The Balaban J connectivity index is 1.52. The van der Waals surface area contributed by atoms with Crippen LogP contribution in [0, 0.1) is 0 Å². The quantitative estimate of drug-likeness (QED) is 0.351. The summed E-state index contributed by atoms with van der Waals surface area (Å²) >= 11 is 4.30. The lowest BCUT2D eigenvalue weighted by molar-refractivity contribution is -0.120. The van der Waals surface area contributed by atoms with Crippen molar-refractivity contribution in [3.05, 3.63) is 68.5 Å². The van der Waals surface area contributed by atoms with Crippen LogP contribution in [-0.4, -0.2) is 21.1 Å². The third-order valence-electron chi connectivity index (χ3n) is 4.18. The minimum absolute atomic E-state index is 0.0858. The highest BCUT2D eigenvalue weighted by Crippen LogP contribution is 2.31. The number of aromatic nitrogens is 2. The summed E-state index contributed by atoms with van der Waals surface area (Å²) in [5.74, 6) is -0.0858. The Bertz CT molecular complexity index is 1150. The fourth-order valence-electron chi connectivity index (χ4n) is 2.77. The van der Waals surface area contributed by atoms with Gasteiger partial charge in [-0.1, -0.05) is 48.2 Å². The Morgan fingerprint density at radius 2 is 2.04 bits per heavy atom. The van der Waals surface area contributed by atoms with E-state index in [9.17, 15) is 9.59 Å². The summed E-state index contributed by atoms with van der Waals surface area (Å²) in [7, 11) is 0. The fraction of sp³-hybridized carbons (Fsp3) is 0.150. The van der Waals surface area contributed by atoms with Gasteiger partial charge in [0, 0.05) is 15.8 Å². The van der Waals surface area contributed by atoms with E-state index in [4.69, 9.17) is 0 Å². The molecule has 0 fully saturated rings. The third kappa shape index (κ3) is 4.04. The number of hydrogen-bond donors (Lipinski definition) is 2. The second kappa shape index (κ2) is 8.30. The Morgan fingerprint density at radius 3 is 2.79 bits per heavy atom. The first-order valence-corrected chi connectivity index (χ1v) is 11.3. The molecule has 2 N–H and O–H groups in total. The van der Waals surface area contributed by atoms with Crippen molar-refractivity contribution in [1.82, 2.24) is 15.3 Å². The van der Waals surface area contributed by atoms with E-state index in [1.165, 1.54) is 23.1 Å². The van der Waals surface area contributed by atoms with Gasteiger partial charge in [-0.3, -0.25) is 9.59 Å². The SMILES string of the molecule is C[C@H](Sc1nc2scc(-c3ccccc3)c2c(=O)[nH]1)C(=O)NCc1cccs1. The number of nitrogens with one attached hydrogen (secondary N) is 2. The second-order valence-corrected chi connectivity index (χ2v) is 9.34. The molecule has 4 rings (SSSR count). The molecule has 4 aromatic rings. The molecule has 0 aliphatic carbocycles. The molecule has 0 saturated carbocycles. The Kier molecular flexibility index (Phi) is 5.61. The summed E-state index contributed by atoms with van der Waals surface area (Å²) in [5, 5.41) is 7.53. The van der Waals surface area contributed by atoms with E-state index in [-0.39, 0.29) is 16.7 Å². The highest BCUT2D eigenvalue weighted by atomic mass is 32.2. The third-order valence-corrected chi connectivity index (χ3v) is 6.91. The minimum atomic E-state index is -0.367. The van der Waals surface area contributed by atoms with Crippen LogP contribution in [0.15, 0.2) is 63.2 Å². The number of thioether (sulfide) groups is 1. The van der Waals surface area contributed by atoms with Gasteiger partial charge in [-0.25, -0.2) is 4.98 Å². The lowest BCUT2D eigenvalue weighted by Crippen LogP contribution is -2.30. The van der Waals surface area contributed by atoms with Gasteiger partial charge in [-0.2, -0.15) is 0 Å². The summed E-state index contributed by atoms with van der Waals surface area (Å²) in [4.78, 5) is 34.2. The lowest BCUT2D eigenvalue weighted by atomic mass is 10.1. The molecule has 1 atom stereocenters. The Labute approximate surface area is 173 Å². The summed E-state index contributed by atoms with van der Waals surface area (Å²) in [6.07, 6.45) is 0. The van der Waals surface area contributed by atoms with Crippen molar-refractivity contribution < 1.29 is 4.79 Å². The molecule has 0 aliphatic heterocycles. The molecule has 3 aromatic heterocycles. The van der Waals surface area contributed by atoms with Gasteiger partial charge in [-0.05, 0) is 23.9 Å². The molecule has 0 spiro atoms. The minimum Gasteiger partial charge on any atom is -0.350 e. The number of hydrogen-bond acceptors (Lipinski definition) is 6. The number of nitrogens with zero attached hydrogens (tertiary/aromatic N) is 1. The van der Waals surface area contributed by atoms with E-state index in [0.29, 0.717) is 21.9 Å². The first kappa shape index (κ1) is 18.9. The number of H-pyrrole nitrogens is 1. The predicted molar refractivity (Wildman–Crippen MR) is 117 cm³/mol. The van der Waals surface area contributed by atoms with E-state index in [0.717, 1.165) is 16.0 Å². The number of fused-ring (bicyclic) bond motifs is 1. The van der Waals surface area contributed by atoms with E-state index in [1.54, 1.807) is 11.3 Å². The maximum atomic E-state index is 12.7. The van der Waals surface area contributed by atoms with E-state index >= 15 is 0 Å². The number of benzene rings is 1. The van der Waals surface area contributed by atoms with Gasteiger partial charge in [0.25, 0.3) is 5.56 Å². The zero-order valence-electron chi connectivity index (χ0n) is 15.0. The Hall–Kier alpha value is -2.42. The van der Waals surface area contributed by atoms with Crippen molar-refractivity contribution in [1.29, 1.82) is 0 Å². The molecule has 142 valence electrons. The van der Waals surface area contributed by atoms with E-state index in [1.807, 2.05) is 60.1 Å². The predicted octanol–water partition coefficient (Wildman–Crippen LogP) is 4.51. The van der Waals surface area contributed by atoms with E-state index < -0.39 is 0 Å². The number of amides is 1. The van der Waals surface area contributed by atoms with Crippen LogP contribution in [0.1, 0.15) is 11.8 Å². The largest absolute Gasteiger partial charge is 0.350 e. The van der Waals surface area contributed by atoms with Crippen LogP contribution in [0.4, 0.5) is 0 Å². The van der Waals surface area contributed by atoms with Gasteiger partial charge in [0.1, 0.15) is 4.83 Å². The van der Waals surface area contributed by atoms with Crippen molar-refractivity contribution in [3.63, 3.8) is 0 Å². The molecule has 0 bridgehead atoms. The number of aromatic amines is 1. The van der Waals surface area contributed by atoms with Crippen molar-refractivity contribution in [2.24, 2.45) is 0 Å². The molecule has 0 unspecified atom stereocenters. The van der Waals surface area contributed by atoms with Gasteiger partial charge < -0.3 is 10.3 Å². The molecular formula is C20H17N3O2S3. The highest BCUT2D eigenvalue weighted by molar-refractivity contribution is 8.00. The van der Waals surface area contributed by atoms with Crippen LogP contribution in [-0.2, 0) is 11.3 Å². The Morgan fingerprint density at radius 1 is 1.21 bits per heavy atom. The van der Waals surface area contributed by atoms with Crippen molar-refractivity contribution in [3.8, 4) is 11.1 Å². The van der Waals surface area contributed by atoms with Gasteiger partial charge in [0.2, 0.25) is 5.91 Å². The fourth-order valence-corrected chi connectivity index (χ4v) is 5.24. The van der Waals surface area contributed by atoms with Gasteiger partial charge in [-0.15, -0.1) is 22.7 Å².